The van der Waals surface area contributed by atoms with Crippen LogP contribution in [0.3, 0.4) is 0 Å². The zero-order chi connectivity index (χ0) is 24.6. The summed E-state index contributed by atoms with van der Waals surface area (Å²) < 4.78 is 10.7. The van der Waals surface area contributed by atoms with Crippen molar-refractivity contribution in [2.45, 2.75) is 51.3 Å². The van der Waals surface area contributed by atoms with Crippen molar-refractivity contribution >= 4 is 53.1 Å². The van der Waals surface area contributed by atoms with Crippen molar-refractivity contribution < 1.29 is 24.2 Å². The first kappa shape index (κ1) is 25.3. The van der Waals surface area contributed by atoms with Crippen LogP contribution in [0.2, 0.25) is 0 Å². The number of hydrogen-bond donors (Lipinski definition) is 2. The molecule has 2 aromatic rings. The quantitative estimate of drug-likeness (QED) is 0.394. The van der Waals surface area contributed by atoms with Gasteiger partial charge in [0.2, 0.25) is 0 Å². The summed E-state index contributed by atoms with van der Waals surface area (Å²) in [5, 5.41) is 11.7. The highest BCUT2D eigenvalue weighted by atomic mass is 32.2. The lowest BCUT2D eigenvalue weighted by atomic mass is 9.91. The first-order chi connectivity index (χ1) is 15.5. The summed E-state index contributed by atoms with van der Waals surface area (Å²) in [7, 11) is 3.26. The molecular weight excluding hydrogens is 458 g/mol. The van der Waals surface area contributed by atoms with Crippen molar-refractivity contribution in [3.63, 3.8) is 0 Å². The molecule has 0 radical (unpaired) electrons. The molecule has 1 fully saturated rings. The van der Waals surface area contributed by atoms with Gasteiger partial charge in [0.1, 0.15) is 10.7 Å². The summed E-state index contributed by atoms with van der Waals surface area (Å²) in [5.74, 6) is 0.0365. The van der Waals surface area contributed by atoms with E-state index in [1.807, 2.05) is 25.1 Å². The highest BCUT2D eigenvalue weighted by Gasteiger charge is 2.43. The fourth-order valence-electron chi connectivity index (χ4n) is 4.32. The molecule has 1 aliphatic heterocycles. The van der Waals surface area contributed by atoms with Gasteiger partial charge in [-0.15, -0.1) is 12.6 Å². The summed E-state index contributed by atoms with van der Waals surface area (Å²) in [6.45, 7) is 9.82. The molecule has 178 valence electrons. The van der Waals surface area contributed by atoms with Crippen molar-refractivity contribution in [2.75, 3.05) is 14.2 Å². The van der Waals surface area contributed by atoms with Crippen LogP contribution < -0.4 is 9.47 Å². The molecule has 8 heteroatoms. The van der Waals surface area contributed by atoms with E-state index in [1.54, 1.807) is 28.1 Å². The highest BCUT2D eigenvalue weighted by Crippen LogP contribution is 2.44. The highest BCUT2D eigenvalue weighted by molar-refractivity contribution is 8.14. The third-order valence-corrected chi connectivity index (χ3v) is 7.42. The van der Waals surface area contributed by atoms with E-state index in [-0.39, 0.29) is 17.7 Å². The molecule has 1 amide bonds. The van der Waals surface area contributed by atoms with Gasteiger partial charge in [0, 0.05) is 5.56 Å². The van der Waals surface area contributed by atoms with Gasteiger partial charge in [-0.2, -0.15) is 0 Å². The second-order valence-corrected chi connectivity index (χ2v) is 10.8. The minimum atomic E-state index is -1.02. The van der Waals surface area contributed by atoms with Crippen LogP contribution in [0.1, 0.15) is 50.3 Å². The van der Waals surface area contributed by atoms with Crippen LogP contribution in [0.4, 0.5) is 0 Å². The number of carbonyl (C=O) groups excluding carboxylic acids is 1. The van der Waals surface area contributed by atoms with Gasteiger partial charge in [0.05, 0.1) is 19.1 Å². The van der Waals surface area contributed by atoms with E-state index in [4.69, 9.17) is 9.47 Å². The van der Waals surface area contributed by atoms with Gasteiger partial charge in [0.15, 0.2) is 11.5 Å². The van der Waals surface area contributed by atoms with E-state index in [2.05, 4.69) is 32.5 Å². The molecule has 2 unspecified atom stereocenters. The Morgan fingerprint density at radius 2 is 1.85 bits per heavy atom. The fraction of sp³-hybridized carbons (Fsp3) is 0.440. The van der Waals surface area contributed by atoms with E-state index in [1.165, 1.54) is 16.7 Å². The van der Waals surface area contributed by atoms with E-state index in [0.717, 1.165) is 33.2 Å². The van der Waals surface area contributed by atoms with Crippen LogP contribution in [0.5, 0.6) is 11.5 Å². The lowest BCUT2D eigenvalue weighted by Crippen LogP contribution is -2.47. The molecule has 0 bridgehead atoms. The van der Waals surface area contributed by atoms with Crippen LogP contribution in [-0.2, 0) is 9.59 Å². The fourth-order valence-corrected chi connectivity index (χ4v) is 5.88. The largest absolute Gasteiger partial charge is 0.493 e. The number of aliphatic carboxylic acids is 1. The van der Waals surface area contributed by atoms with Crippen molar-refractivity contribution in [1.29, 1.82) is 0 Å². The van der Waals surface area contributed by atoms with Crippen LogP contribution >= 0.6 is 24.4 Å². The Balaban J connectivity index is 2.12. The molecule has 0 aromatic heterocycles. The maximum Gasteiger partial charge on any atom is 0.326 e. The summed E-state index contributed by atoms with van der Waals surface area (Å²) >= 11 is 5.77. The van der Waals surface area contributed by atoms with Gasteiger partial charge >= 0.3 is 5.97 Å². The topological polar surface area (TPSA) is 76.1 Å². The average molecular weight is 490 g/mol. The third kappa shape index (κ3) is 4.68. The molecule has 2 atom stereocenters. The molecule has 0 spiro atoms. The zero-order valence-electron chi connectivity index (χ0n) is 20.0. The predicted molar refractivity (Wildman–Crippen MR) is 137 cm³/mol. The van der Waals surface area contributed by atoms with Crippen molar-refractivity contribution in [3.05, 3.63) is 39.8 Å². The minimum absolute atomic E-state index is 0.218. The van der Waals surface area contributed by atoms with Gasteiger partial charge in [-0.05, 0) is 58.9 Å². The normalized spacial score (nSPS) is 18.6. The van der Waals surface area contributed by atoms with Crippen LogP contribution in [0.15, 0.2) is 23.1 Å². The van der Waals surface area contributed by atoms with Crippen molar-refractivity contribution in [2.24, 2.45) is 5.92 Å². The molecule has 1 N–H and O–H groups in total. The van der Waals surface area contributed by atoms with E-state index < -0.39 is 16.7 Å². The molecule has 6 nitrogen and oxygen atoms in total. The Bertz CT molecular complexity index is 1130. The molecule has 0 aliphatic carbocycles. The lowest BCUT2D eigenvalue weighted by Gasteiger charge is -2.29. The Hall–Kier alpha value is -2.32. The maximum absolute atomic E-state index is 13.2. The smallest absolute Gasteiger partial charge is 0.326 e. The summed E-state index contributed by atoms with van der Waals surface area (Å²) in [6, 6.07) is 5.15. The Morgan fingerprint density at radius 1 is 1.18 bits per heavy atom. The van der Waals surface area contributed by atoms with Gasteiger partial charge < -0.3 is 19.5 Å². The number of methoxy groups -OCH3 is 2. The van der Waals surface area contributed by atoms with Crippen LogP contribution in [0.25, 0.3) is 16.8 Å². The maximum atomic E-state index is 13.2. The third-order valence-electron chi connectivity index (χ3n) is 5.87. The Kier molecular flexibility index (Phi) is 7.59. The number of carboxylic acid groups (broad SMARTS) is 1. The van der Waals surface area contributed by atoms with Crippen LogP contribution in [0, 0.1) is 12.8 Å². The number of thioether (sulfide) groups is 1. The van der Waals surface area contributed by atoms with Crippen molar-refractivity contribution in [3.8, 4) is 11.5 Å². The number of hydrogen-bond acceptors (Lipinski definition) is 6. The van der Waals surface area contributed by atoms with E-state index >= 15 is 0 Å². The number of rotatable bonds is 7. The van der Waals surface area contributed by atoms with Crippen LogP contribution in [-0.4, -0.2) is 46.9 Å². The number of fused-ring (bicyclic) bond motifs is 1. The van der Waals surface area contributed by atoms with Gasteiger partial charge in [-0.3, -0.25) is 4.79 Å². The second kappa shape index (κ2) is 9.89. The summed E-state index contributed by atoms with van der Waals surface area (Å²) in [6.07, 6.45) is 1.83. The number of aryl methyl sites for hydroxylation is 1. The zero-order valence-corrected chi connectivity index (χ0v) is 21.7. The SMILES string of the molecule is COc1cc2cc(/C=C3\SC(S)N(C(C(=O)O)C(C)C)C3=O)c(C)cc2c(C(C)C)c1OC. The number of carboxylic acids is 1. The number of carbonyl (C=O) groups is 2. The van der Waals surface area contributed by atoms with E-state index in [9.17, 15) is 14.7 Å². The number of amides is 1. The molecule has 1 aliphatic rings. The summed E-state index contributed by atoms with van der Waals surface area (Å²) in [4.78, 5) is 26.8. The monoisotopic (exact) mass is 489 g/mol. The molecule has 33 heavy (non-hydrogen) atoms. The molecule has 2 aromatic carbocycles. The number of benzene rings is 2. The molecule has 1 saturated heterocycles. The standard InChI is InChI=1S/C25H31NO5S2/c1-12(2)20-17-8-14(5)15(9-16(17)10-18(30-6)22(20)31-7)11-19-23(27)26(25(32)33-19)21(13(3)4)24(28)29/h8-13,21,25,32H,1-7H3,(H,28,29)/b19-11-. The molecule has 1 heterocycles. The molecular formula is C25H31NO5S2. The second-order valence-electron chi connectivity index (χ2n) is 8.80. The predicted octanol–water partition coefficient (Wildman–Crippen LogP) is 5.53. The first-order valence-corrected chi connectivity index (χ1v) is 12.2. The van der Waals surface area contributed by atoms with Gasteiger partial charge in [-0.25, -0.2) is 4.79 Å². The Morgan fingerprint density at radius 3 is 2.36 bits per heavy atom. The van der Waals surface area contributed by atoms with Gasteiger partial charge in [0.25, 0.3) is 5.91 Å². The van der Waals surface area contributed by atoms with Gasteiger partial charge in [-0.1, -0.05) is 45.5 Å². The summed E-state index contributed by atoms with van der Waals surface area (Å²) in [5.41, 5.74) is 2.97. The number of ether oxygens (including phenoxy) is 2. The number of nitrogens with zero attached hydrogens (tertiary/aromatic N) is 1. The van der Waals surface area contributed by atoms with E-state index in [0.29, 0.717) is 10.7 Å². The number of thiol groups is 1. The van der Waals surface area contributed by atoms with Crippen molar-refractivity contribution in [1.82, 2.24) is 4.90 Å². The molecule has 0 saturated carbocycles. The Labute approximate surface area is 204 Å². The average Bonchev–Trinajstić information content (AvgIpc) is 3.00. The molecule has 3 rings (SSSR count). The first-order valence-electron chi connectivity index (χ1n) is 10.8. The lowest BCUT2D eigenvalue weighted by molar-refractivity contribution is -0.149. The minimum Gasteiger partial charge on any atom is -0.493 e.